The SMILES string of the molecule is CC(C)COC(=O)[C@@]1(C(=O)O[C@H](C)C(C)C)CCN1Cc1ccccc1. The van der Waals surface area contributed by atoms with Crippen LogP contribution in [-0.4, -0.2) is 41.6 Å². The predicted molar refractivity (Wildman–Crippen MR) is 100 cm³/mol. The zero-order chi connectivity index (χ0) is 19.3. The van der Waals surface area contributed by atoms with Gasteiger partial charge in [0.25, 0.3) is 0 Å². The highest BCUT2D eigenvalue weighted by molar-refractivity contribution is 6.06. The highest BCUT2D eigenvalue weighted by Crippen LogP contribution is 2.36. The van der Waals surface area contributed by atoms with E-state index in [1.165, 1.54) is 0 Å². The Balaban J connectivity index is 2.21. The highest BCUT2D eigenvalue weighted by Gasteiger charge is 2.60. The molecule has 0 unspecified atom stereocenters. The number of esters is 2. The monoisotopic (exact) mass is 361 g/mol. The maximum absolute atomic E-state index is 13.0. The average Bonchev–Trinajstić information content (AvgIpc) is 2.58. The number of carbonyl (C=O) groups is 2. The van der Waals surface area contributed by atoms with Gasteiger partial charge in [-0.05, 0) is 24.3 Å². The van der Waals surface area contributed by atoms with Gasteiger partial charge in [0.1, 0.15) is 6.10 Å². The smallest absolute Gasteiger partial charge is 0.338 e. The van der Waals surface area contributed by atoms with Crippen LogP contribution in [0.3, 0.4) is 0 Å². The third kappa shape index (κ3) is 4.44. The summed E-state index contributed by atoms with van der Waals surface area (Å²) < 4.78 is 11.1. The Hall–Kier alpha value is -1.88. The van der Waals surface area contributed by atoms with Crippen LogP contribution in [0.4, 0.5) is 0 Å². The third-order valence-electron chi connectivity index (χ3n) is 4.95. The molecule has 0 aliphatic carbocycles. The van der Waals surface area contributed by atoms with Crippen LogP contribution in [0.15, 0.2) is 30.3 Å². The second-order valence-corrected chi connectivity index (χ2v) is 7.86. The van der Waals surface area contributed by atoms with Gasteiger partial charge < -0.3 is 9.47 Å². The largest absolute Gasteiger partial charge is 0.464 e. The third-order valence-corrected chi connectivity index (χ3v) is 4.95. The molecule has 1 aromatic rings. The molecule has 0 saturated carbocycles. The Labute approximate surface area is 156 Å². The van der Waals surface area contributed by atoms with Crippen LogP contribution < -0.4 is 0 Å². The maximum atomic E-state index is 13.0. The molecule has 0 amide bonds. The second kappa shape index (κ2) is 8.67. The van der Waals surface area contributed by atoms with Crippen molar-refractivity contribution in [2.75, 3.05) is 13.2 Å². The number of ether oxygens (including phenoxy) is 2. The number of likely N-dealkylation sites (tertiary alicyclic amines) is 1. The lowest BCUT2D eigenvalue weighted by Gasteiger charge is -2.48. The van der Waals surface area contributed by atoms with E-state index in [1.807, 2.05) is 69.9 Å². The van der Waals surface area contributed by atoms with Gasteiger partial charge in [-0.1, -0.05) is 58.0 Å². The lowest BCUT2D eigenvalue weighted by Crippen LogP contribution is -2.69. The summed E-state index contributed by atoms with van der Waals surface area (Å²) >= 11 is 0. The molecule has 2 rings (SSSR count). The van der Waals surface area contributed by atoms with E-state index < -0.39 is 17.5 Å². The lowest BCUT2D eigenvalue weighted by molar-refractivity contribution is -0.192. The molecule has 26 heavy (non-hydrogen) atoms. The van der Waals surface area contributed by atoms with Crippen molar-refractivity contribution in [3.05, 3.63) is 35.9 Å². The topological polar surface area (TPSA) is 55.8 Å². The van der Waals surface area contributed by atoms with Gasteiger partial charge in [-0.2, -0.15) is 0 Å². The van der Waals surface area contributed by atoms with Crippen LogP contribution in [0.1, 0.15) is 46.6 Å². The van der Waals surface area contributed by atoms with Crippen molar-refractivity contribution in [1.29, 1.82) is 0 Å². The molecule has 0 bridgehead atoms. The number of benzene rings is 1. The van der Waals surface area contributed by atoms with Gasteiger partial charge in [0, 0.05) is 19.5 Å². The van der Waals surface area contributed by atoms with Gasteiger partial charge in [-0.15, -0.1) is 0 Å². The van der Waals surface area contributed by atoms with E-state index in [1.54, 1.807) is 0 Å². The summed E-state index contributed by atoms with van der Waals surface area (Å²) in [6.45, 7) is 11.3. The second-order valence-electron chi connectivity index (χ2n) is 7.86. The highest BCUT2D eigenvalue weighted by atomic mass is 16.6. The van der Waals surface area contributed by atoms with Crippen molar-refractivity contribution in [2.45, 2.75) is 59.2 Å². The molecule has 1 heterocycles. The quantitative estimate of drug-likeness (QED) is 0.524. The summed E-state index contributed by atoms with van der Waals surface area (Å²) in [6.07, 6.45) is 0.178. The van der Waals surface area contributed by atoms with E-state index >= 15 is 0 Å². The number of hydrogen-bond acceptors (Lipinski definition) is 5. The van der Waals surface area contributed by atoms with Crippen molar-refractivity contribution in [3.63, 3.8) is 0 Å². The zero-order valence-electron chi connectivity index (χ0n) is 16.5. The lowest BCUT2D eigenvalue weighted by atomic mass is 9.83. The molecule has 5 nitrogen and oxygen atoms in total. The first-order chi connectivity index (χ1) is 12.3. The summed E-state index contributed by atoms with van der Waals surface area (Å²) in [6, 6.07) is 9.83. The molecule has 1 aromatic carbocycles. The molecule has 0 spiro atoms. The molecule has 1 aliphatic heterocycles. The molecule has 1 aliphatic rings. The molecule has 0 N–H and O–H groups in total. The van der Waals surface area contributed by atoms with Gasteiger partial charge in [0.05, 0.1) is 6.61 Å². The first kappa shape index (κ1) is 20.4. The van der Waals surface area contributed by atoms with E-state index in [9.17, 15) is 9.59 Å². The van der Waals surface area contributed by atoms with E-state index in [4.69, 9.17) is 9.47 Å². The van der Waals surface area contributed by atoms with Crippen LogP contribution in [0.25, 0.3) is 0 Å². The van der Waals surface area contributed by atoms with E-state index in [0.29, 0.717) is 26.1 Å². The molecule has 0 aromatic heterocycles. The molecular weight excluding hydrogens is 330 g/mol. The van der Waals surface area contributed by atoms with E-state index in [2.05, 4.69) is 0 Å². The Morgan fingerprint density at radius 1 is 1.08 bits per heavy atom. The van der Waals surface area contributed by atoms with Crippen LogP contribution in [-0.2, 0) is 25.6 Å². The Morgan fingerprint density at radius 3 is 2.23 bits per heavy atom. The van der Waals surface area contributed by atoms with E-state index in [0.717, 1.165) is 5.56 Å². The fourth-order valence-corrected chi connectivity index (χ4v) is 2.82. The van der Waals surface area contributed by atoms with Gasteiger partial charge in [-0.3, -0.25) is 4.90 Å². The van der Waals surface area contributed by atoms with Gasteiger partial charge in [0.15, 0.2) is 0 Å². The van der Waals surface area contributed by atoms with Crippen LogP contribution in [0.2, 0.25) is 0 Å². The Bertz CT molecular complexity index is 614. The van der Waals surface area contributed by atoms with Crippen LogP contribution in [0, 0.1) is 11.8 Å². The van der Waals surface area contributed by atoms with E-state index in [-0.39, 0.29) is 17.9 Å². The standard InChI is InChI=1S/C21H31NO4/c1-15(2)14-25-19(23)21(20(24)26-17(5)16(3)4)11-12-22(21)13-18-9-7-6-8-10-18/h6-10,15-17H,11-14H2,1-5H3/t17-,21-/m1/s1. The van der Waals surface area contributed by atoms with Gasteiger partial charge in [0.2, 0.25) is 5.54 Å². The first-order valence-electron chi connectivity index (χ1n) is 9.44. The molecule has 5 heteroatoms. The number of carbonyl (C=O) groups excluding carboxylic acids is 2. The fourth-order valence-electron chi connectivity index (χ4n) is 2.82. The maximum Gasteiger partial charge on any atom is 0.338 e. The van der Waals surface area contributed by atoms with Gasteiger partial charge >= 0.3 is 11.9 Å². The van der Waals surface area contributed by atoms with Crippen molar-refractivity contribution >= 4 is 11.9 Å². The summed E-state index contributed by atoms with van der Waals surface area (Å²) in [5.74, 6) is -0.585. The minimum absolute atomic E-state index is 0.185. The van der Waals surface area contributed by atoms with Gasteiger partial charge in [-0.25, -0.2) is 9.59 Å². The molecular formula is C21H31NO4. The van der Waals surface area contributed by atoms with Crippen molar-refractivity contribution in [1.82, 2.24) is 4.90 Å². The Morgan fingerprint density at radius 2 is 1.73 bits per heavy atom. The first-order valence-corrected chi connectivity index (χ1v) is 9.44. The minimum atomic E-state index is -1.33. The van der Waals surface area contributed by atoms with Crippen molar-refractivity contribution in [3.8, 4) is 0 Å². The summed E-state index contributed by atoms with van der Waals surface area (Å²) in [5.41, 5.74) is -0.272. The number of rotatable bonds is 8. The van der Waals surface area contributed by atoms with Crippen LogP contribution >= 0.6 is 0 Å². The van der Waals surface area contributed by atoms with Crippen LogP contribution in [0.5, 0.6) is 0 Å². The molecule has 0 radical (unpaired) electrons. The fraction of sp³-hybridized carbons (Fsp3) is 0.619. The molecule has 1 fully saturated rings. The molecule has 144 valence electrons. The summed E-state index contributed by atoms with van der Waals surface area (Å²) in [5, 5.41) is 0. The summed E-state index contributed by atoms with van der Waals surface area (Å²) in [4.78, 5) is 27.7. The molecule has 2 atom stereocenters. The normalized spacial score (nSPS) is 21.3. The summed E-state index contributed by atoms with van der Waals surface area (Å²) in [7, 11) is 0. The van der Waals surface area contributed by atoms with Crippen molar-refractivity contribution < 1.29 is 19.1 Å². The average molecular weight is 361 g/mol. The van der Waals surface area contributed by atoms with Crippen molar-refractivity contribution in [2.24, 2.45) is 11.8 Å². The predicted octanol–water partition coefficient (Wildman–Crippen LogP) is 3.42. The number of nitrogens with zero attached hydrogens (tertiary/aromatic N) is 1. The zero-order valence-corrected chi connectivity index (χ0v) is 16.5. The minimum Gasteiger partial charge on any atom is -0.464 e. The molecule has 1 saturated heterocycles. The Kier molecular flexibility index (Phi) is 6.81. The number of hydrogen-bond donors (Lipinski definition) is 0.